The van der Waals surface area contributed by atoms with Crippen LogP contribution in [0, 0.1) is 0 Å². The Morgan fingerprint density at radius 3 is 2.62 bits per heavy atom. The minimum Gasteiger partial charge on any atom is -0.249 e. The van der Waals surface area contributed by atoms with Crippen molar-refractivity contribution in [2.45, 2.75) is 30.8 Å². The fourth-order valence-corrected chi connectivity index (χ4v) is 2.06. The lowest BCUT2D eigenvalue weighted by Gasteiger charge is -2.01. The average molecular weight is 233 g/mol. The van der Waals surface area contributed by atoms with E-state index in [1.54, 1.807) is 18.1 Å². The number of thioether (sulfide) groups is 1. The van der Waals surface area contributed by atoms with Crippen molar-refractivity contribution in [3.63, 3.8) is 0 Å². The van der Waals surface area contributed by atoms with Crippen LogP contribution in [-0.2, 0) is 5.75 Å². The summed E-state index contributed by atoms with van der Waals surface area (Å²) >= 11 is 1.67. The number of nitrogens with zero attached hydrogens (tertiary/aromatic N) is 3. The van der Waals surface area contributed by atoms with E-state index in [4.69, 9.17) is 0 Å². The lowest BCUT2D eigenvalue weighted by molar-refractivity contribution is 0.522. The van der Waals surface area contributed by atoms with Crippen LogP contribution in [0.1, 0.15) is 25.5 Å². The minimum atomic E-state index is 0.374. The van der Waals surface area contributed by atoms with Crippen molar-refractivity contribution >= 4 is 11.8 Å². The van der Waals surface area contributed by atoms with Gasteiger partial charge in [-0.15, -0.1) is 5.10 Å². The molecule has 0 atom stereocenters. The summed E-state index contributed by atoms with van der Waals surface area (Å²) < 4.78 is 1.88. The van der Waals surface area contributed by atoms with Crippen molar-refractivity contribution in [3.8, 4) is 0 Å². The van der Waals surface area contributed by atoms with Crippen molar-refractivity contribution in [2.24, 2.45) is 0 Å². The Hall–Kier alpha value is -1.29. The summed E-state index contributed by atoms with van der Waals surface area (Å²) in [4.78, 5) is 4.27. The molecule has 16 heavy (non-hydrogen) atoms. The molecule has 3 nitrogen and oxygen atoms in total. The highest BCUT2D eigenvalue weighted by molar-refractivity contribution is 7.98. The van der Waals surface area contributed by atoms with Gasteiger partial charge in [-0.3, -0.25) is 0 Å². The van der Waals surface area contributed by atoms with Gasteiger partial charge in [0.25, 0.3) is 0 Å². The Balaban J connectivity index is 1.95. The monoisotopic (exact) mass is 233 g/mol. The van der Waals surface area contributed by atoms with E-state index in [9.17, 15) is 0 Å². The number of benzene rings is 1. The minimum absolute atomic E-state index is 0.374. The third-order valence-corrected chi connectivity index (χ3v) is 3.15. The van der Waals surface area contributed by atoms with Gasteiger partial charge in [-0.05, 0) is 19.4 Å². The van der Waals surface area contributed by atoms with Crippen LogP contribution < -0.4 is 0 Å². The van der Waals surface area contributed by atoms with Crippen molar-refractivity contribution in [1.82, 2.24) is 14.8 Å². The molecule has 0 bridgehead atoms. The molecule has 0 unspecified atom stereocenters. The van der Waals surface area contributed by atoms with E-state index in [0.717, 1.165) is 10.9 Å². The van der Waals surface area contributed by atoms with Gasteiger partial charge in [0, 0.05) is 11.8 Å². The maximum atomic E-state index is 4.39. The van der Waals surface area contributed by atoms with Gasteiger partial charge in [0.15, 0.2) is 0 Å². The molecule has 1 aromatic carbocycles. The first-order valence-corrected chi connectivity index (χ1v) is 6.32. The Bertz CT molecular complexity index is 437. The predicted molar refractivity (Wildman–Crippen MR) is 66.4 cm³/mol. The Morgan fingerprint density at radius 1 is 1.25 bits per heavy atom. The second-order valence-electron chi connectivity index (χ2n) is 3.88. The van der Waals surface area contributed by atoms with Gasteiger partial charge in [0.1, 0.15) is 6.33 Å². The molecule has 84 valence electrons. The van der Waals surface area contributed by atoms with Gasteiger partial charge in [-0.25, -0.2) is 9.67 Å². The summed E-state index contributed by atoms with van der Waals surface area (Å²) in [7, 11) is 0. The van der Waals surface area contributed by atoms with Crippen molar-refractivity contribution < 1.29 is 0 Å². The second kappa shape index (κ2) is 5.16. The average Bonchev–Trinajstić information content (AvgIpc) is 2.76. The quantitative estimate of drug-likeness (QED) is 0.760. The number of rotatable bonds is 4. The largest absolute Gasteiger partial charge is 0.249 e. The molecule has 1 aromatic heterocycles. The van der Waals surface area contributed by atoms with Crippen LogP contribution in [0.4, 0.5) is 0 Å². The predicted octanol–water partition coefficient (Wildman–Crippen LogP) is 3.15. The number of hydrogen-bond donors (Lipinski definition) is 0. The maximum absolute atomic E-state index is 4.39. The van der Waals surface area contributed by atoms with E-state index in [1.807, 2.05) is 10.7 Å². The first-order valence-electron chi connectivity index (χ1n) is 5.33. The van der Waals surface area contributed by atoms with Crippen LogP contribution in [0.25, 0.3) is 0 Å². The number of hydrogen-bond acceptors (Lipinski definition) is 3. The normalized spacial score (nSPS) is 10.9. The van der Waals surface area contributed by atoms with Crippen LogP contribution in [0.3, 0.4) is 0 Å². The Morgan fingerprint density at radius 2 is 2.00 bits per heavy atom. The van der Waals surface area contributed by atoms with E-state index in [-0.39, 0.29) is 0 Å². The van der Waals surface area contributed by atoms with Crippen molar-refractivity contribution in [3.05, 3.63) is 42.2 Å². The molecule has 0 N–H and O–H groups in total. The third kappa shape index (κ3) is 2.85. The fourth-order valence-electron chi connectivity index (χ4n) is 1.30. The van der Waals surface area contributed by atoms with Crippen molar-refractivity contribution in [1.29, 1.82) is 0 Å². The highest BCUT2D eigenvalue weighted by Crippen LogP contribution is 2.19. The molecule has 0 saturated heterocycles. The van der Waals surface area contributed by atoms with E-state index >= 15 is 0 Å². The van der Waals surface area contributed by atoms with Crippen LogP contribution in [0.5, 0.6) is 0 Å². The molecule has 0 radical (unpaired) electrons. The molecule has 0 amide bonds. The lowest BCUT2D eigenvalue weighted by Crippen LogP contribution is -2.00. The topological polar surface area (TPSA) is 30.7 Å². The SMILES string of the molecule is CC(C)n1cnc(SCc2ccccc2)n1. The summed E-state index contributed by atoms with van der Waals surface area (Å²) in [6, 6.07) is 10.7. The van der Waals surface area contributed by atoms with Gasteiger partial charge in [0.05, 0.1) is 0 Å². The van der Waals surface area contributed by atoms with Gasteiger partial charge in [-0.2, -0.15) is 0 Å². The standard InChI is InChI=1S/C12H15N3S/c1-10(2)15-9-13-12(14-15)16-8-11-6-4-3-5-7-11/h3-7,9-10H,8H2,1-2H3. The molecule has 0 aliphatic carbocycles. The van der Waals surface area contributed by atoms with Gasteiger partial charge >= 0.3 is 0 Å². The van der Waals surface area contributed by atoms with E-state index in [1.165, 1.54) is 5.56 Å². The summed E-state index contributed by atoms with van der Waals surface area (Å²) in [6.45, 7) is 4.20. The molecular formula is C12H15N3S. The molecule has 1 heterocycles. The highest BCUT2D eigenvalue weighted by atomic mass is 32.2. The zero-order chi connectivity index (χ0) is 11.4. The van der Waals surface area contributed by atoms with Crippen LogP contribution in [0.2, 0.25) is 0 Å². The first kappa shape index (κ1) is 11.2. The fraction of sp³-hybridized carbons (Fsp3) is 0.333. The third-order valence-electron chi connectivity index (χ3n) is 2.23. The maximum Gasteiger partial charge on any atom is 0.208 e. The molecule has 0 fully saturated rings. The lowest BCUT2D eigenvalue weighted by atomic mass is 10.2. The van der Waals surface area contributed by atoms with E-state index < -0.39 is 0 Å². The summed E-state index contributed by atoms with van der Waals surface area (Å²) in [6.07, 6.45) is 1.79. The van der Waals surface area contributed by atoms with E-state index in [2.05, 4.69) is 48.2 Å². The first-order chi connectivity index (χ1) is 7.75. The molecule has 2 aromatic rings. The van der Waals surface area contributed by atoms with Crippen LogP contribution in [0.15, 0.2) is 41.8 Å². The van der Waals surface area contributed by atoms with Crippen LogP contribution in [-0.4, -0.2) is 14.8 Å². The highest BCUT2D eigenvalue weighted by Gasteiger charge is 2.04. The van der Waals surface area contributed by atoms with Crippen molar-refractivity contribution in [2.75, 3.05) is 0 Å². The Kier molecular flexibility index (Phi) is 3.62. The molecule has 4 heteroatoms. The summed E-state index contributed by atoms with van der Waals surface area (Å²) in [5, 5.41) is 5.24. The molecule has 0 spiro atoms. The van der Waals surface area contributed by atoms with Gasteiger partial charge in [0.2, 0.25) is 5.16 Å². The molecule has 0 saturated carbocycles. The Labute approximate surface area is 99.9 Å². The molecule has 2 rings (SSSR count). The van der Waals surface area contributed by atoms with E-state index in [0.29, 0.717) is 6.04 Å². The molecule has 0 aliphatic rings. The zero-order valence-electron chi connectivity index (χ0n) is 9.50. The molecule has 0 aliphatic heterocycles. The second-order valence-corrected chi connectivity index (χ2v) is 4.82. The summed E-state index contributed by atoms with van der Waals surface area (Å²) in [5.74, 6) is 0.920. The summed E-state index contributed by atoms with van der Waals surface area (Å²) in [5.41, 5.74) is 1.30. The number of aromatic nitrogens is 3. The van der Waals surface area contributed by atoms with Crippen LogP contribution >= 0.6 is 11.8 Å². The van der Waals surface area contributed by atoms with Gasteiger partial charge in [-0.1, -0.05) is 42.1 Å². The molecular weight excluding hydrogens is 218 g/mol. The zero-order valence-corrected chi connectivity index (χ0v) is 10.3. The smallest absolute Gasteiger partial charge is 0.208 e. The van der Waals surface area contributed by atoms with Gasteiger partial charge < -0.3 is 0 Å².